The third kappa shape index (κ3) is 3.35. The molecule has 164 valence electrons. The Bertz CT molecular complexity index is 600. The topological polar surface area (TPSA) is 83.1 Å². The van der Waals surface area contributed by atoms with E-state index in [1.807, 2.05) is 27.7 Å². The zero-order chi connectivity index (χ0) is 20.0. The molecule has 0 amide bonds. The summed E-state index contributed by atoms with van der Waals surface area (Å²) in [4.78, 5) is 0. The van der Waals surface area contributed by atoms with Crippen molar-refractivity contribution in [1.82, 2.24) is 0 Å². The van der Waals surface area contributed by atoms with Crippen LogP contribution in [0.5, 0.6) is 0 Å². The van der Waals surface area contributed by atoms with Crippen molar-refractivity contribution in [3.05, 3.63) is 0 Å². The van der Waals surface area contributed by atoms with E-state index in [2.05, 4.69) is 0 Å². The Kier molecular flexibility index (Phi) is 4.38. The van der Waals surface area contributed by atoms with Gasteiger partial charge in [0.2, 0.25) is 0 Å². The van der Waals surface area contributed by atoms with Gasteiger partial charge in [-0.2, -0.15) is 0 Å². The molecule has 0 aliphatic carbocycles. The van der Waals surface area contributed by atoms with Crippen LogP contribution in [0.25, 0.3) is 0 Å². The summed E-state index contributed by atoms with van der Waals surface area (Å²) >= 11 is 0. The van der Waals surface area contributed by atoms with Crippen molar-refractivity contribution in [2.45, 2.75) is 127 Å². The van der Waals surface area contributed by atoms with E-state index in [9.17, 15) is 0 Å². The molecule has 9 nitrogen and oxygen atoms in total. The van der Waals surface area contributed by atoms with Crippen molar-refractivity contribution in [2.75, 3.05) is 0 Å². The first-order valence-corrected chi connectivity index (χ1v) is 10.7. The van der Waals surface area contributed by atoms with E-state index in [-0.39, 0.29) is 61.8 Å². The van der Waals surface area contributed by atoms with Gasteiger partial charge in [-0.15, -0.1) is 0 Å². The molecule has 0 saturated carbocycles. The lowest BCUT2D eigenvalue weighted by Gasteiger charge is -2.38. The molecular weight excluding hydrogens is 384 g/mol. The van der Waals surface area contributed by atoms with Crippen LogP contribution in [0.2, 0.25) is 0 Å². The SMILES string of the molecule is CC1(C)O[C@H]2O[C@@H]3CC[C@@H](O[C@@H]4CC[C@H]5O[C@@H]6OC(C)(C)O[C@@H]6[C@H]5O4)O[C@@H]3[C@H]2O1. The third-order valence-electron chi connectivity index (χ3n) is 6.47. The van der Waals surface area contributed by atoms with Gasteiger partial charge in [-0.3, -0.25) is 0 Å². The molecule has 6 aliphatic rings. The van der Waals surface area contributed by atoms with Crippen molar-refractivity contribution in [3.63, 3.8) is 0 Å². The lowest BCUT2D eigenvalue weighted by Crippen LogP contribution is -2.48. The molecule has 9 heteroatoms. The predicted octanol–water partition coefficient (Wildman–Crippen LogP) is 1.77. The van der Waals surface area contributed by atoms with Gasteiger partial charge in [0.15, 0.2) is 36.7 Å². The Morgan fingerprint density at radius 3 is 1.45 bits per heavy atom. The highest BCUT2D eigenvalue weighted by Gasteiger charge is 2.59. The van der Waals surface area contributed by atoms with E-state index in [1.54, 1.807) is 0 Å². The molecule has 0 aromatic heterocycles. The van der Waals surface area contributed by atoms with Crippen molar-refractivity contribution in [3.8, 4) is 0 Å². The van der Waals surface area contributed by atoms with Crippen LogP contribution in [0.1, 0.15) is 53.4 Å². The van der Waals surface area contributed by atoms with Gasteiger partial charge in [0.1, 0.15) is 24.4 Å². The molecule has 10 atom stereocenters. The number of hydrogen-bond acceptors (Lipinski definition) is 9. The van der Waals surface area contributed by atoms with E-state index in [4.69, 9.17) is 42.6 Å². The lowest BCUT2D eigenvalue weighted by atomic mass is 10.0. The van der Waals surface area contributed by atoms with Gasteiger partial charge in [-0.25, -0.2) is 0 Å². The first-order chi connectivity index (χ1) is 13.8. The van der Waals surface area contributed by atoms with Crippen LogP contribution < -0.4 is 0 Å². The zero-order valence-corrected chi connectivity index (χ0v) is 17.3. The van der Waals surface area contributed by atoms with Crippen LogP contribution in [0.4, 0.5) is 0 Å². The van der Waals surface area contributed by atoms with Gasteiger partial charge in [-0.1, -0.05) is 0 Å². The van der Waals surface area contributed by atoms with E-state index in [1.165, 1.54) is 0 Å². The average molecular weight is 414 g/mol. The van der Waals surface area contributed by atoms with Gasteiger partial charge >= 0.3 is 0 Å². The summed E-state index contributed by atoms with van der Waals surface area (Å²) in [7, 11) is 0. The molecule has 0 aromatic carbocycles. The minimum absolute atomic E-state index is 0.0205. The first kappa shape index (κ1) is 19.3. The molecule has 0 N–H and O–H groups in total. The maximum atomic E-state index is 6.23. The maximum Gasteiger partial charge on any atom is 0.190 e. The summed E-state index contributed by atoms with van der Waals surface area (Å²) in [6.45, 7) is 7.55. The van der Waals surface area contributed by atoms with Crippen molar-refractivity contribution < 1.29 is 42.6 Å². The first-order valence-electron chi connectivity index (χ1n) is 10.7. The Morgan fingerprint density at radius 1 is 0.552 bits per heavy atom. The van der Waals surface area contributed by atoms with Gasteiger partial charge in [-0.05, 0) is 40.5 Å². The molecule has 6 saturated heterocycles. The van der Waals surface area contributed by atoms with Crippen LogP contribution in [0.15, 0.2) is 0 Å². The Morgan fingerprint density at radius 2 is 1.00 bits per heavy atom. The van der Waals surface area contributed by atoms with E-state index in [0.717, 1.165) is 25.7 Å². The van der Waals surface area contributed by atoms with Gasteiger partial charge in [0, 0.05) is 12.8 Å². The molecule has 0 unspecified atom stereocenters. The highest BCUT2D eigenvalue weighted by molar-refractivity contribution is 4.97. The monoisotopic (exact) mass is 414 g/mol. The lowest BCUT2D eigenvalue weighted by molar-refractivity contribution is -0.321. The van der Waals surface area contributed by atoms with Gasteiger partial charge < -0.3 is 42.6 Å². The molecule has 6 rings (SSSR count). The third-order valence-corrected chi connectivity index (χ3v) is 6.47. The second-order valence-electron chi connectivity index (χ2n) is 9.64. The summed E-state index contributed by atoms with van der Waals surface area (Å²) in [5, 5.41) is 0. The maximum absolute atomic E-state index is 6.23. The van der Waals surface area contributed by atoms with Crippen molar-refractivity contribution in [2.24, 2.45) is 0 Å². The normalized spacial score (nSPS) is 54.6. The minimum atomic E-state index is -0.658. The zero-order valence-electron chi connectivity index (χ0n) is 17.3. The summed E-state index contributed by atoms with van der Waals surface area (Å²) in [6.07, 6.45) is 0.822. The number of rotatable bonds is 2. The molecular formula is C20H30O9. The highest BCUT2D eigenvalue weighted by atomic mass is 16.9. The summed E-state index contributed by atoms with van der Waals surface area (Å²) in [5.41, 5.74) is 0. The van der Waals surface area contributed by atoms with Crippen LogP contribution in [0.3, 0.4) is 0 Å². The Balaban J connectivity index is 1.07. The predicted molar refractivity (Wildman–Crippen MR) is 94.3 cm³/mol. The average Bonchev–Trinajstić information content (AvgIpc) is 3.30. The second kappa shape index (κ2) is 6.57. The van der Waals surface area contributed by atoms with Crippen LogP contribution in [-0.2, 0) is 42.6 Å². The van der Waals surface area contributed by atoms with E-state index < -0.39 is 11.6 Å². The summed E-state index contributed by atoms with van der Waals surface area (Å²) < 4.78 is 54.3. The molecule has 6 fully saturated rings. The second-order valence-corrected chi connectivity index (χ2v) is 9.64. The van der Waals surface area contributed by atoms with Crippen LogP contribution in [0, 0.1) is 0 Å². The molecule has 6 aliphatic heterocycles. The molecule has 0 spiro atoms. The number of hydrogen-bond donors (Lipinski definition) is 0. The number of fused-ring (bicyclic) bond motifs is 6. The van der Waals surface area contributed by atoms with E-state index >= 15 is 0 Å². The smallest absolute Gasteiger partial charge is 0.190 e. The van der Waals surface area contributed by atoms with Crippen molar-refractivity contribution in [1.29, 1.82) is 0 Å². The molecule has 29 heavy (non-hydrogen) atoms. The van der Waals surface area contributed by atoms with Crippen LogP contribution >= 0.6 is 0 Å². The molecule has 6 heterocycles. The summed E-state index contributed by atoms with van der Waals surface area (Å²) in [5.74, 6) is -1.32. The largest absolute Gasteiger partial charge is 0.344 e. The fraction of sp³-hybridized carbons (Fsp3) is 1.00. The molecule has 0 aromatic rings. The standard InChI is InChI=1S/C20H30O9/c1-19(2)26-15-13-9(21-17(15)28-19)5-7-11(24-13)23-12-8-6-10-14(25-12)16-18(22-10)29-20(3,4)27-16/h9-18H,5-8H2,1-4H3/t9-,10-,11+,12+,13+,14+,15-,16-,17-,18-/m1/s1. The Hall–Kier alpha value is -0.360. The quantitative estimate of drug-likeness (QED) is 0.671. The van der Waals surface area contributed by atoms with Crippen LogP contribution in [-0.4, -0.2) is 73.4 Å². The number of ether oxygens (including phenoxy) is 9. The molecule has 0 radical (unpaired) electrons. The van der Waals surface area contributed by atoms with Gasteiger partial charge in [0.05, 0.1) is 12.2 Å². The molecule has 0 bridgehead atoms. The van der Waals surface area contributed by atoms with Crippen molar-refractivity contribution >= 4 is 0 Å². The van der Waals surface area contributed by atoms with Gasteiger partial charge in [0.25, 0.3) is 0 Å². The minimum Gasteiger partial charge on any atom is -0.344 e. The Labute approximate surface area is 170 Å². The fourth-order valence-corrected chi connectivity index (χ4v) is 5.34. The summed E-state index contributed by atoms with van der Waals surface area (Å²) in [6, 6.07) is 0. The highest BCUT2D eigenvalue weighted by Crippen LogP contribution is 2.45. The van der Waals surface area contributed by atoms with E-state index in [0.29, 0.717) is 0 Å². The fourth-order valence-electron chi connectivity index (χ4n) is 5.34.